The van der Waals surface area contributed by atoms with E-state index in [1.54, 1.807) is 25.1 Å². The number of para-hydroxylation sites is 1. The van der Waals surface area contributed by atoms with Crippen molar-refractivity contribution in [2.24, 2.45) is 20.5 Å². The first-order chi connectivity index (χ1) is 20.8. The maximum Gasteiger partial charge on any atom is 0.296 e. The maximum atomic E-state index is 12.3. The van der Waals surface area contributed by atoms with Crippen LogP contribution in [0.25, 0.3) is 10.8 Å². The smallest absolute Gasteiger partial charge is 0.296 e. The molecule has 0 aliphatic rings. The van der Waals surface area contributed by atoms with Gasteiger partial charge in [-0.05, 0) is 84.6 Å². The Hall–Kier alpha value is -4.38. The monoisotopic (exact) mass is 691 g/mol. The first kappa shape index (κ1) is 33.5. The summed E-state index contributed by atoms with van der Waals surface area (Å²) >= 11 is 0. The van der Waals surface area contributed by atoms with Crippen LogP contribution in [0.2, 0.25) is 0 Å². The molecule has 5 aromatic carbocycles. The zero-order valence-corrected chi connectivity index (χ0v) is 25.9. The van der Waals surface area contributed by atoms with E-state index >= 15 is 0 Å². The summed E-state index contributed by atoms with van der Waals surface area (Å²) in [5.41, 5.74) is 1.87. The molecule has 0 saturated heterocycles. The van der Waals surface area contributed by atoms with Crippen molar-refractivity contribution in [2.45, 2.75) is 16.7 Å². The molecule has 16 heteroatoms. The third-order valence-electron chi connectivity index (χ3n) is 6.37. The van der Waals surface area contributed by atoms with E-state index in [1.165, 1.54) is 42.5 Å². The van der Waals surface area contributed by atoms with Gasteiger partial charge in [0.05, 0.1) is 16.3 Å². The molecule has 0 amide bonds. The van der Waals surface area contributed by atoms with Crippen LogP contribution >= 0.6 is 10.9 Å². The minimum Gasteiger partial charge on any atom is -0.506 e. The second-order valence-electron chi connectivity index (χ2n) is 9.51. The molecule has 0 atom stereocenters. The number of nitrogens with zero attached hydrogens (tertiary/aromatic N) is 4. The number of aryl methyl sites for hydroxylation is 1. The van der Waals surface area contributed by atoms with Gasteiger partial charge in [0.25, 0.3) is 10.1 Å². The minimum atomic E-state index is -4.86. The molecular formula is C29H25FeN5O8S2. The Morgan fingerprint density at radius 2 is 1.36 bits per heavy atom. The summed E-state index contributed by atoms with van der Waals surface area (Å²) in [6.45, 7) is 1.65. The van der Waals surface area contributed by atoms with Gasteiger partial charge in [0, 0.05) is 39.9 Å². The van der Waals surface area contributed by atoms with E-state index in [1.807, 2.05) is 30.3 Å². The Balaban J connectivity index is 0.00000461. The normalized spacial score (nSPS) is 12.5. The number of nitrogens with one attached hydrogen (secondary N) is 1. The molecule has 0 aliphatic heterocycles. The van der Waals surface area contributed by atoms with Crippen molar-refractivity contribution in [3.63, 3.8) is 0 Å². The Kier molecular flexibility index (Phi) is 9.92. The van der Waals surface area contributed by atoms with Gasteiger partial charge in [-0.25, -0.2) is 0 Å². The number of fused-ring (bicyclic) bond motifs is 1. The van der Waals surface area contributed by atoms with Gasteiger partial charge in [0.1, 0.15) is 32.9 Å². The van der Waals surface area contributed by atoms with E-state index in [9.17, 15) is 36.8 Å². The third kappa shape index (κ3) is 7.83. The van der Waals surface area contributed by atoms with Gasteiger partial charge >= 0.3 is 0 Å². The van der Waals surface area contributed by atoms with Crippen LogP contribution < -0.4 is 5.32 Å². The minimum absolute atomic E-state index is 0. The van der Waals surface area contributed by atoms with Crippen LogP contribution in [-0.2, 0) is 27.2 Å². The van der Waals surface area contributed by atoms with Gasteiger partial charge in [-0.2, -0.15) is 18.6 Å². The standard InChI is InChI=1S/C29H25N5O8S2.Fe/c1-17-13-25(26(35)16-24(17)32-31-20-7-10-22(11-8-20)43(37,38)39)33-34-28-27(44(40,41)42)15-18-14-21(9-12-23(18)29(28)36)30-19-5-3-2-4-6-19;/h2-16,30,35-39H,1H3,(H,40,41,42);. The van der Waals surface area contributed by atoms with Crippen molar-refractivity contribution < 1.29 is 53.9 Å². The quantitative estimate of drug-likeness (QED) is 0.0468. The Bertz CT molecular complexity index is 2040. The van der Waals surface area contributed by atoms with E-state index in [0.717, 1.165) is 5.69 Å². The average Bonchev–Trinajstić information content (AvgIpc) is 2.97. The van der Waals surface area contributed by atoms with Gasteiger partial charge in [0.2, 0.25) is 0 Å². The number of phenols is 2. The van der Waals surface area contributed by atoms with E-state index in [-0.39, 0.29) is 44.5 Å². The molecule has 5 aromatic rings. The number of anilines is 2. The molecule has 0 bridgehead atoms. The van der Waals surface area contributed by atoms with Crippen LogP contribution in [0.4, 0.5) is 34.1 Å². The molecule has 0 spiro atoms. The van der Waals surface area contributed by atoms with Crippen LogP contribution in [-0.4, -0.2) is 36.8 Å². The topological polar surface area (TPSA) is 217 Å². The molecule has 0 heterocycles. The second kappa shape index (κ2) is 13.3. The van der Waals surface area contributed by atoms with E-state index in [4.69, 9.17) is 0 Å². The molecule has 7 N–H and O–H groups in total. The number of rotatable bonds is 8. The zero-order valence-electron chi connectivity index (χ0n) is 23.1. The molecule has 0 saturated carbocycles. The summed E-state index contributed by atoms with van der Waals surface area (Å²) in [5.74, 6) is -0.927. The van der Waals surface area contributed by atoms with E-state index < -0.39 is 37.3 Å². The predicted octanol–water partition coefficient (Wildman–Crippen LogP) is 8.96. The summed E-state index contributed by atoms with van der Waals surface area (Å²) < 4.78 is 62.4. The summed E-state index contributed by atoms with van der Waals surface area (Å²) in [6.07, 6.45) is 0. The molecule has 5 rings (SSSR count). The fourth-order valence-electron chi connectivity index (χ4n) is 4.18. The van der Waals surface area contributed by atoms with Crippen molar-refractivity contribution in [3.8, 4) is 11.5 Å². The SMILES string of the molecule is Cc1cc(N=Nc2c(S(=O)(=O)O)cc3cc(Nc4ccccc4)ccc3c2O)c(O)cc1N=Nc1ccc(S(O)(O)O)cc1.[Fe]. The van der Waals surface area contributed by atoms with Crippen molar-refractivity contribution in [3.05, 3.63) is 96.6 Å². The fraction of sp³-hybridized carbons (Fsp3) is 0.0345. The number of aromatic hydroxyl groups is 2. The second-order valence-corrected chi connectivity index (χ2v) is 12.4. The molecule has 234 valence electrons. The Morgan fingerprint density at radius 1 is 0.689 bits per heavy atom. The van der Waals surface area contributed by atoms with E-state index in [0.29, 0.717) is 22.3 Å². The summed E-state index contributed by atoms with van der Waals surface area (Å²) in [4.78, 5) is -0.766. The molecular weight excluding hydrogens is 666 g/mol. The van der Waals surface area contributed by atoms with Crippen LogP contribution in [0.1, 0.15) is 5.56 Å². The Labute approximate surface area is 269 Å². The molecule has 0 radical (unpaired) electrons. The summed E-state index contributed by atoms with van der Waals surface area (Å²) in [5, 5.41) is 41.2. The van der Waals surface area contributed by atoms with Crippen molar-refractivity contribution >= 4 is 65.9 Å². The molecule has 45 heavy (non-hydrogen) atoms. The number of azo groups is 2. The molecule has 13 nitrogen and oxygen atoms in total. The largest absolute Gasteiger partial charge is 0.506 e. The first-order valence-corrected chi connectivity index (χ1v) is 15.6. The zero-order chi connectivity index (χ0) is 31.6. The number of hydrogen-bond donors (Lipinski definition) is 7. The fourth-order valence-corrected chi connectivity index (χ4v) is 5.34. The van der Waals surface area contributed by atoms with Crippen LogP contribution in [0, 0.1) is 6.92 Å². The molecule has 0 aliphatic carbocycles. The van der Waals surface area contributed by atoms with Crippen molar-refractivity contribution in [1.82, 2.24) is 0 Å². The van der Waals surface area contributed by atoms with Gasteiger partial charge in [0.15, 0.2) is 5.75 Å². The van der Waals surface area contributed by atoms with Crippen LogP contribution in [0.5, 0.6) is 11.5 Å². The molecule has 0 aromatic heterocycles. The van der Waals surface area contributed by atoms with Gasteiger partial charge in [-0.3, -0.25) is 4.55 Å². The average molecular weight is 692 g/mol. The summed E-state index contributed by atoms with van der Waals surface area (Å²) in [7, 11) is -8.71. The van der Waals surface area contributed by atoms with Gasteiger partial charge < -0.3 is 29.2 Å². The van der Waals surface area contributed by atoms with E-state index in [2.05, 4.69) is 25.8 Å². The van der Waals surface area contributed by atoms with Crippen LogP contribution in [0.15, 0.2) is 121 Å². The van der Waals surface area contributed by atoms with Gasteiger partial charge in [-0.1, -0.05) is 18.2 Å². The molecule has 0 unspecified atom stereocenters. The van der Waals surface area contributed by atoms with Crippen molar-refractivity contribution in [1.29, 1.82) is 0 Å². The number of phenolic OH excluding ortho intramolecular Hbond substituents is 2. The van der Waals surface area contributed by atoms with Crippen LogP contribution in [0.3, 0.4) is 0 Å². The summed E-state index contributed by atoms with van der Waals surface area (Å²) in [6, 6.07) is 23.3. The number of benzene rings is 5. The Morgan fingerprint density at radius 3 is 2.00 bits per heavy atom. The maximum absolute atomic E-state index is 12.3. The predicted molar refractivity (Wildman–Crippen MR) is 167 cm³/mol. The third-order valence-corrected chi connectivity index (χ3v) is 8.14. The number of hydrogen-bond acceptors (Lipinski definition) is 12. The van der Waals surface area contributed by atoms with Crippen molar-refractivity contribution in [2.75, 3.05) is 5.32 Å². The van der Waals surface area contributed by atoms with Gasteiger partial charge in [-0.15, -0.1) is 10.2 Å². The first-order valence-electron chi connectivity index (χ1n) is 12.7. The molecule has 0 fully saturated rings.